The minimum atomic E-state index is -0.602. The maximum atomic E-state index is 11.7. The van der Waals surface area contributed by atoms with Crippen molar-refractivity contribution >= 4 is 22.5 Å². The molecule has 1 heterocycles. The van der Waals surface area contributed by atoms with Crippen molar-refractivity contribution in [2.24, 2.45) is 0 Å². The molecule has 0 radical (unpaired) electrons. The quantitative estimate of drug-likeness (QED) is 0.368. The van der Waals surface area contributed by atoms with Crippen molar-refractivity contribution in [1.29, 1.82) is 0 Å². The summed E-state index contributed by atoms with van der Waals surface area (Å²) in [6, 6.07) is 6.71. The fourth-order valence-corrected chi connectivity index (χ4v) is 3.67. The third kappa shape index (κ3) is 5.00. The maximum Gasteiger partial charge on any atom is 0.274 e. The lowest BCUT2D eigenvalue weighted by molar-refractivity contribution is -0.123. The number of hydrogen-bond donors (Lipinski definition) is 2. The van der Waals surface area contributed by atoms with Gasteiger partial charge in [0, 0.05) is 37.2 Å². The Morgan fingerprint density at radius 3 is 2.54 bits per heavy atom. The van der Waals surface area contributed by atoms with Crippen LogP contribution in [0.2, 0.25) is 0 Å². The van der Waals surface area contributed by atoms with Crippen LogP contribution in [0.5, 0.6) is 0 Å². The number of unbranched alkanes of at least 4 members (excludes halogenated alkanes) is 1. The lowest BCUT2D eigenvalue weighted by Crippen LogP contribution is -2.39. The van der Waals surface area contributed by atoms with Crippen molar-refractivity contribution in [3.63, 3.8) is 0 Å². The Balaban J connectivity index is 2.38. The number of benzene rings is 1. The number of carbonyl (C=O) groups is 1. The Morgan fingerprint density at radius 1 is 1.29 bits per heavy atom. The van der Waals surface area contributed by atoms with E-state index in [9.17, 15) is 4.79 Å². The van der Waals surface area contributed by atoms with Crippen molar-refractivity contribution in [3.05, 3.63) is 36.2 Å². The highest BCUT2D eigenvalue weighted by Crippen LogP contribution is 2.23. The van der Waals surface area contributed by atoms with E-state index in [2.05, 4.69) is 50.7 Å². The van der Waals surface area contributed by atoms with Gasteiger partial charge in [-0.05, 0) is 51.8 Å². The number of fused-ring (bicyclic) bond motifs is 1. The zero-order chi connectivity index (χ0) is 20.8. The molecule has 0 atom stereocenters. The first-order valence-corrected chi connectivity index (χ1v) is 10.2. The van der Waals surface area contributed by atoms with E-state index in [4.69, 9.17) is 10.2 Å². The van der Waals surface area contributed by atoms with Crippen molar-refractivity contribution < 1.29 is 10.0 Å². The van der Waals surface area contributed by atoms with Gasteiger partial charge in [-0.1, -0.05) is 26.0 Å². The number of hydroxylamine groups is 1. The topological polar surface area (TPSA) is 70.4 Å². The number of rotatable bonds is 10. The predicted octanol–water partition coefficient (Wildman–Crippen LogP) is 4.02. The molecule has 0 fully saturated rings. The molecule has 0 unspecified atom stereocenters. The zero-order valence-corrected chi connectivity index (χ0v) is 17.8. The molecule has 0 saturated heterocycles. The molecule has 154 valence electrons. The van der Waals surface area contributed by atoms with Gasteiger partial charge in [0.15, 0.2) is 0 Å². The smallest absolute Gasteiger partial charge is 0.274 e. The monoisotopic (exact) mass is 386 g/mol. The average molecular weight is 387 g/mol. The molecule has 2 aromatic rings. The van der Waals surface area contributed by atoms with Crippen LogP contribution in [-0.2, 0) is 17.8 Å². The average Bonchev–Trinajstić information content (AvgIpc) is 3.01. The van der Waals surface area contributed by atoms with Gasteiger partial charge < -0.3 is 4.57 Å². The molecule has 1 amide bonds. The highest BCUT2D eigenvalue weighted by atomic mass is 16.5. The Hall–Kier alpha value is -2.18. The molecule has 0 spiro atoms. The second-order valence-corrected chi connectivity index (χ2v) is 7.83. The predicted molar refractivity (Wildman–Crippen MR) is 114 cm³/mol. The van der Waals surface area contributed by atoms with Crippen LogP contribution in [0.3, 0.4) is 0 Å². The minimum Gasteiger partial charge on any atom is -0.327 e. The number of amides is 1. The molecule has 0 aliphatic rings. The van der Waals surface area contributed by atoms with Gasteiger partial charge >= 0.3 is 0 Å². The maximum absolute atomic E-state index is 11.7. The normalized spacial score (nSPS) is 11.8. The van der Waals surface area contributed by atoms with Crippen LogP contribution in [0, 0.1) is 0 Å². The lowest BCUT2D eigenvalue weighted by Gasteiger charge is -2.30. The number of carbonyl (C=O) groups excluding carboxylic acids is 1. The summed E-state index contributed by atoms with van der Waals surface area (Å²) in [6.45, 7) is 16.7. The Bertz CT molecular complexity index is 815. The van der Waals surface area contributed by atoms with Crippen LogP contribution in [-0.4, -0.2) is 44.2 Å². The second kappa shape index (κ2) is 9.85. The van der Waals surface area contributed by atoms with E-state index in [1.54, 1.807) is 5.48 Å². The molecule has 0 aliphatic carbocycles. The summed E-state index contributed by atoms with van der Waals surface area (Å²) in [5.41, 5.74) is 4.45. The van der Waals surface area contributed by atoms with Gasteiger partial charge in [0.25, 0.3) is 5.91 Å². The van der Waals surface area contributed by atoms with Gasteiger partial charge in [-0.3, -0.25) is 14.9 Å². The molecule has 2 rings (SSSR count). The molecule has 1 aromatic heterocycles. The Labute approximate surface area is 168 Å². The summed E-state index contributed by atoms with van der Waals surface area (Å²) in [7, 11) is 0. The number of aryl methyl sites for hydroxylation is 1. The van der Waals surface area contributed by atoms with Gasteiger partial charge in [0.1, 0.15) is 5.82 Å². The molecule has 2 N–H and O–H groups in total. The van der Waals surface area contributed by atoms with Crippen molar-refractivity contribution in [1.82, 2.24) is 19.9 Å². The number of imidazole rings is 1. The molecule has 0 saturated carbocycles. The fourth-order valence-electron chi connectivity index (χ4n) is 3.67. The highest BCUT2D eigenvalue weighted by Gasteiger charge is 2.17. The first-order valence-electron chi connectivity index (χ1n) is 10.2. The van der Waals surface area contributed by atoms with E-state index >= 15 is 0 Å². The van der Waals surface area contributed by atoms with Crippen molar-refractivity contribution in [2.75, 3.05) is 6.54 Å². The first-order chi connectivity index (χ1) is 13.3. The fraction of sp³-hybridized carbons (Fsp3) is 0.545. The van der Waals surface area contributed by atoms with Gasteiger partial charge in [-0.2, -0.15) is 0 Å². The first kappa shape index (κ1) is 22.1. The van der Waals surface area contributed by atoms with E-state index in [1.165, 1.54) is 0 Å². The van der Waals surface area contributed by atoms with Crippen LogP contribution in [0.4, 0.5) is 0 Å². The highest BCUT2D eigenvalue weighted by molar-refractivity contribution is 6.18. The molecule has 6 nitrogen and oxygen atoms in total. The third-order valence-corrected chi connectivity index (χ3v) is 5.21. The summed E-state index contributed by atoms with van der Waals surface area (Å²) in [6.07, 6.45) is 3.14. The van der Waals surface area contributed by atoms with Crippen LogP contribution in [0.25, 0.3) is 16.6 Å². The summed E-state index contributed by atoms with van der Waals surface area (Å²) >= 11 is 0. The second-order valence-electron chi connectivity index (χ2n) is 7.83. The van der Waals surface area contributed by atoms with E-state index in [1.807, 2.05) is 18.2 Å². The number of nitrogens with zero attached hydrogens (tertiary/aromatic N) is 3. The van der Waals surface area contributed by atoms with Crippen LogP contribution < -0.4 is 5.48 Å². The molecule has 0 bridgehead atoms. The lowest BCUT2D eigenvalue weighted by atomic mass is 10.1. The van der Waals surface area contributed by atoms with Gasteiger partial charge in [0.05, 0.1) is 11.0 Å². The number of hydrogen-bond acceptors (Lipinski definition) is 4. The summed E-state index contributed by atoms with van der Waals surface area (Å²) in [5.74, 6) is 0.480. The number of aromatic nitrogens is 2. The minimum absolute atomic E-state index is 0.222. The molecule has 28 heavy (non-hydrogen) atoms. The van der Waals surface area contributed by atoms with E-state index < -0.39 is 5.91 Å². The van der Waals surface area contributed by atoms with Crippen LogP contribution in [0.15, 0.2) is 24.8 Å². The molecular formula is C22H34N4O2. The SMILES string of the molecule is C=C(C(=O)NO)c1ccc2c(c1)nc(CCCC)n2CCN(C(C)C)C(C)C. The Kier molecular flexibility index (Phi) is 7.78. The summed E-state index contributed by atoms with van der Waals surface area (Å²) in [4.78, 5) is 19.0. The standard InChI is InChI=1S/C22H34N4O2/c1-7-8-9-21-23-19-14-18(17(6)22(27)24-28)10-11-20(19)26(21)13-12-25(15(2)3)16(4)5/h10-11,14-16,28H,6-9,12-13H2,1-5H3,(H,24,27). The van der Waals surface area contributed by atoms with Gasteiger partial charge in [0.2, 0.25) is 0 Å². The van der Waals surface area contributed by atoms with E-state index in [0.29, 0.717) is 17.6 Å². The molecule has 0 aliphatic heterocycles. The van der Waals surface area contributed by atoms with Gasteiger partial charge in [-0.25, -0.2) is 10.5 Å². The number of nitrogens with one attached hydrogen (secondary N) is 1. The summed E-state index contributed by atoms with van der Waals surface area (Å²) < 4.78 is 2.31. The molecule has 1 aromatic carbocycles. The third-order valence-electron chi connectivity index (χ3n) is 5.21. The van der Waals surface area contributed by atoms with Gasteiger partial charge in [-0.15, -0.1) is 0 Å². The zero-order valence-electron chi connectivity index (χ0n) is 17.8. The largest absolute Gasteiger partial charge is 0.327 e. The van der Waals surface area contributed by atoms with E-state index in [-0.39, 0.29) is 5.57 Å². The van der Waals surface area contributed by atoms with E-state index in [0.717, 1.165) is 49.2 Å². The van der Waals surface area contributed by atoms with Crippen molar-refractivity contribution in [3.8, 4) is 0 Å². The van der Waals surface area contributed by atoms with Crippen LogP contribution >= 0.6 is 0 Å². The van der Waals surface area contributed by atoms with Crippen molar-refractivity contribution in [2.45, 2.75) is 72.5 Å². The summed E-state index contributed by atoms with van der Waals surface area (Å²) in [5, 5.41) is 8.85. The Morgan fingerprint density at radius 2 is 1.96 bits per heavy atom. The van der Waals surface area contributed by atoms with Crippen LogP contribution in [0.1, 0.15) is 58.8 Å². The molecular weight excluding hydrogens is 352 g/mol. The molecule has 6 heteroatoms.